The van der Waals surface area contributed by atoms with E-state index < -0.39 is 10.2 Å². The van der Waals surface area contributed by atoms with E-state index in [1.54, 1.807) is 28.3 Å². The zero-order valence-electron chi connectivity index (χ0n) is 16.5. The van der Waals surface area contributed by atoms with Gasteiger partial charge in [-0.15, -0.1) is 0 Å². The Morgan fingerprint density at radius 3 is 2.46 bits per heavy atom. The first-order chi connectivity index (χ1) is 12.2. The maximum atomic E-state index is 12.3. The summed E-state index contributed by atoms with van der Waals surface area (Å²) in [6.07, 6.45) is 0. The summed E-state index contributed by atoms with van der Waals surface area (Å²) < 4.78 is 39.4. The molecule has 0 spiro atoms. The number of ether oxygens (including phenoxy) is 2. The molecule has 0 radical (unpaired) electrons. The van der Waals surface area contributed by atoms with Crippen LogP contribution in [0.25, 0.3) is 0 Å². The molecule has 8 heteroatoms. The molecule has 0 amide bonds. The lowest BCUT2D eigenvalue weighted by Gasteiger charge is -2.24. The third-order valence-electron chi connectivity index (χ3n) is 4.96. The summed E-state index contributed by atoms with van der Waals surface area (Å²) in [5, 5.41) is 0. The monoisotopic (exact) mass is 385 g/mol. The maximum absolute atomic E-state index is 12.3. The Morgan fingerprint density at radius 1 is 1.23 bits per heavy atom. The van der Waals surface area contributed by atoms with Crippen molar-refractivity contribution in [2.75, 3.05) is 41.4 Å². The molecular formula is C18H31N3O4S. The van der Waals surface area contributed by atoms with Crippen LogP contribution in [0, 0.1) is 11.8 Å². The van der Waals surface area contributed by atoms with Crippen LogP contribution in [0.1, 0.15) is 19.4 Å². The smallest absolute Gasteiger partial charge is 0.279 e. The van der Waals surface area contributed by atoms with Crippen LogP contribution in [0.4, 0.5) is 0 Å². The van der Waals surface area contributed by atoms with Gasteiger partial charge in [0.1, 0.15) is 11.5 Å². The fourth-order valence-corrected chi connectivity index (χ4v) is 4.23. The van der Waals surface area contributed by atoms with Crippen LogP contribution in [0.2, 0.25) is 0 Å². The van der Waals surface area contributed by atoms with E-state index in [9.17, 15) is 8.42 Å². The van der Waals surface area contributed by atoms with E-state index in [4.69, 9.17) is 9.47 Å². The maximum Gasteiger partial charge on any atom is 0.279 e. The minimum absolute atomic E-state index is 0.112. The molecule has 1 aliphatic rings. The van der Waals surface area contributed by atoms with Crippen molar-refractivity contribution in [3.63, 3.8) is 0 Å². The summed E-state index contributed by atoms with van der Waals surface area (Å²) >= 11 is 0. The molecule has 1 heterocycles. The number of hydrogen-bond donors (Lipinski definition) is 1. The highest BCUT2D eigenvalue weighted by Gasteiger charge is 2.37. The number of rotatable bonds is 8. The van der Waals surface area contributed by atoms with Crippen LogP contribution < -0.4 is 14.2 Å². The Bertz CT molecular complexity index is 706. The SMILES string of the molecule is COc1ccc(OC)c(CN2C[C@@H](NS(=O)(=O)N(C)C)[C@H](C(C)C)C2)c1. The van der Waals surface area contributed by atoms with Crippen LogP contribution in [0.5, 0.6) is 11.5 Å². The zero-order valence-corrected chi connectivity index (χ0v) is 17.3. The topological polar surface area (TPSA) is 71.1 Å². The molecule has 0 unspecified atom stereocenters. The van der Waals surface area contributed by atoms with E-state index in [0.29, 0.717) is 19.0 Å². The number of nitrogens with zero attached hydrogens (tertiary/aromatic N) is 2. The van der Waals surface area contributed by atoms with E-state index in [-0.39, 0.29) is 12.0 Å². The van der Waals surface area contributed by atoms with Crippen LogP contribution in [0.3, 0.4) is 0 Å². The van der Waals surface area contributed by atoms with Crippen LogP contribution in [-0.2, 0) is 16.8 Å². The number of hydrogen-bond acceptors (Lipinski definition) is 5. The lowest BCUT2D eigenvalue weighted by molar-refractivity contribution is 0.290. The molecule has 1 N–H and O–H groups in total. The fourth-order valence-electron chi connectivity index (χ4n) is 3.39. The van der Waals surface area contributed by atoms with Gasteiger partial charge >= 0.3 is 0 Å². The van der Waals surface area contributed by atoms with Crippen LogP contribution in [0.15, 0.2) is 18.2 Å². The standard InChI is InChI=1S/C18H31N3O4S/c1-13(2)16-11-21(12-17(16)19-26(22,23)20(3)4)10-14-9-15(24-5)7-8-18(14)25-6/h7-9,13,16-17,19H,10-12H2,1-6H3/t16-,17+/m0/s1. The summed E-state index contributed by atoms with van der Waals surface area (Å²) in [4.78, 5) is 2.27. The highest BCUT2D eigenvalue weighted by atomic mass is 32.2. The summed E-state index contributed by atoms with van der Waals surface area (Å²) in [7, 11) is 2.92. The molecule has 148 valence electrons. The van der Waals surface area contributed by atoms with Gasteiger partial charge in [-0.25, -0.2) is 0 Å². The molecule has 7 nitrogen and oxygen atoms in total. The van der Waals surface area contributed by atoms with Crippen LogP contribution >= 0.6 is 0 Å². The molecule has 0 saturated carbocycles. The summed E-state index contributed by atoms with van der Waals surface area (Å²) in [5.41, 5.74) is 1.03. The van der Waals surface area contributed by atoms with E-state index in [2.05, 4.69) is 23.5 Å². The molecule has 0 bridgehead atoms. The second-order valence-electron chi connectivity index (χ2n) is 7.29. The number of benzene rings is 1. The van der Waals surface area contributed by atoms with Gasteiger partial charge in [-0.2, -0.15) is 17.4 Å². The molecule has 1 saturated heterocycles. The average molecular weight is 386 g/mol. The summed E-state index contributed by atoms with van der Waals surface area (Å²) in [5.74, 6) is 2.22. The van der Waals surface area contributed by atoms with E-state index in [0.717, 1.165) is 23.6 Å². The van der Waals surface area contributed by atoms with Crippen molar-refractivity contribution in [3.8, 4) is 11.5 Å². The number of nitrogens with one attached hydrogen (secondary N) is 1. The lowest BCUT2D eigenvalue weighted by atomic mass is 9.92. The normalized spacial score (nSPS) is 21.5. The van der Waals surface area contributed by atoms with E-state index in [1.807, 2.05) is 18.2 Å². The molecule has 1 fully saturated rings. The molecule has 1 aliphatic heterocycles. The quantitative estimate of drug-likeness (QED) is 0.735. The fraction of sp³-hybridized carbons (Fsp3) is 0.667. The molecule has 1 aromatic carbocycles. The Kier molecular flexibility index (Phi) is 6.90. The van der Waals surface area contributed by atoms with Crippen molar-refractivity contribution in [3.05, 3.63) is 23.8 Å². The predicted octanol–water partition coefficient (Wildman–Crippen LogP) is 1.56. The molecule has 2 atom stereocenters. The highest BCUT2D eigenvalue weighted by Crippen LogP contribution is 2.30. The second kappa shape index (κ2) is 8.56. The molecular weight excluding hydrogens is 354 g/mol. The largest absolute Gasteiger partial charge is 0.497 e. The van der Waals surface area contributed by atoms with Gasteiger partial charge in [0.15, 0.2) is 0 Å². The minimum atomic E-state index is -3.46. The summed E-state index contributed by atoms with van der Waals surface area (Å²) in [6, 6.07) is 5.63. The molecule has 2 rings (SSSR count). The zero-order chi connectivity index (χ0) is 19.5. The van der Waals surface area contributed by atoms with Gasteiger partial charge in [0.05, 0.1) is 14.2 Å². The minimum Gasteiger partial charge on any atom is -0.497 e. The first-order valence-corrected chi connectivity index (χ1v) is 10.2. The number of methoxy groups -OCH3 is 2. The van der Waals surface area contributed by atoms with Gasteiger partial charge in [-0.05, 0) is 30.0 Å². The Balaban J connectivity index is 2.17. The third kappa shape index (κ3) is 4.88. The number of likely N-dealkylation sites (tertiary alicyclic amines) is 1. The Morgan fingerprint density at radius 2 is 1.92 bits per heavy atom. The third-order valence-corrected chi connectivity index (χ3v) is 6.52. The van der Waals surface area contributed by atoms with Gasteiger partial charge in [0, 0.05) is 45.3 Å². The van der Waals surface area contributed by atoms with Crippen molar-refractivity contribution in [1.82, 2.24) is 13.9 Å². The van der Waals surface area contributed by atoms with Crippen molar-refractivity contribution in [1.29, 1.82) is 0 Å². The molecule has 26 heavy (non-hydrogen) atoms. The van der Waals surface area contributed by atoms with E-state index >= 15 is 0 Å². The lowest BCUT2D eigenvalue weighted by Crippen LogP contribution is -2.46. The first-order valence-electron chi connectivity index (χ1n) is 8.81. The van der Waals surface area contributed by atoms with Crippen molar-refractivity contribution < 1.29 is 17.9 Å². The van der Waals surface area contributed by atoms with Gasteiger partial charge in [0.2, 0.25) is 0 Å². The van der Waals surface area contributed by atoms with Gasteiger partial charge in [0.25, 0.3) is 10.2 Å². The predicted molar refractivity (Wildman–Crippen MR) is 103 cm³/mol. The van der Waals surface area contributed by atoms with Gasteiger partial charge < -0.3 is 9.47 Å². The summed E-state index contributed by atoms with van der Waals surface area (Å²) in [6.45, 7) is 6.45. The Labute approximate surface area is 157 Å². The van der Waals surface area contributed by atoms with Gasteiger partial charge in [-0.1, -0.05) is 13.8 Å². The first kappa shape index (κ1) is 21.0. The molecule has 0 aliphatic carbocycles. The van der Waals surface area contributed by atoms with E-state index in [1.165, 1.54) is 4.31 Å². The second-order valence-corrected chi connectivity index (χ2v) is 9.21. The van der Waals surface area contributed by atoms with Crippen molar-refractivity contribution in [2.45, 2.75) is 26.4 Å². The average Bonchev–Trinajstić information content (AvgIpc) is 2.96. The van der Waals surface area contributed by atoms with Crippen molar-refractivity contribution in [2.24, 2.45) is 11.8 Å². The highest BCUT2D eigenvalue weighted by molar-refractivity contribution is 7.87. The van der Waals surface area contributed by atoms with Gasteiger partial charge in [-0.3, -0.25) is 4.90 Å². The molecule has 0 aromatic heterocycles. The van der Waals surface area contributed by atoms with Crippen molar-refractivity contribution >= 4 is 10.2 Å². The van der Waals surface area contributed by atoms with Crippen LogP contribution in [-0.4, -0.2) is 65.1 Å². The Hall–Kier alpha value is -1.35. The molecule has 1 aromatic rings.